The van der Waals surface area contributed by atoms with E-state index < -0.39 is 6.10 Å². The Morgan fingerprint density at radius 1 is 1.31 bits per heavy atom. The van der Waals surface area contributed by atoms with E-state index in [4.69, 9.17) is 5.11 Å². The van der Waals surface area contributed by atoms with Crippen LogP contribution in [0, 0.1) is 0 Å². The Bertz CT molecular complexity index is 320. The van der Waals surface area contributed by atoms with Crippen molar-refractivity contribution in [3.63, 3.8) is 0 Å². The van der Waals surface area contributed by atoms with E-state index >= 15 is 0 Å². The second kappa shape index (κ2) is 7.01. The molecule has 90 valence electrons. The molecule has 0 bridgehead atoms. The molecule has 0 saturated carbocycles. The molecule has 4 heteroatoms. The molecule has 1 unspecified atom stereocenters. The van der Waals surface area contributed by atoms with Crippen LogP contribution in [0.15, 0.2) is 28.7 Å². The fourth-order valence-corrected chi connectivity index (χ4v) is 2.08. The van der Waals surface area contributed by atoms with E-state index in [1.807, 2.05) is 36.2 Å². The van der Waals surface area contributed by atoms with Crippen molar-refractivity contribution in [2.45, 2.75) is 12.5 Å². The third-order valence-corrected chi connectivity index (χ3v) is 3.25. The number of nitrogens with zero attached hydrogens (tertiary/aromatic N) is 1. The molecule has 0 spiro atoms. The van der Waals surface area contributed by atoms with Gasteiger partial charge in [-0.3, -0.25) is 0 Å². The molecule has 0 aliphatic carbocycles. The van der Waals surface area contributed by atoms with Gasteiger partial charge in [0.1, 0.15) is 0 Å². The van der Waals surface area contributed by atoms with Crippen molar-refractivity contribution in [2.24, 2.45) is 0 Å². The van der Waals surface area contributed by atoms with Gasteiger partial charge >= 0.3 is 0 Å². The first-order valence-corrected chi connectivity index (χ1v) is 6.16. The van der Waals surface area contributed by atoms with Crippen molar-refractivity contribution in [2.75, 3.05) is 26.7 Å². The van der Waals surface area contributed by atoms with Crippen LogP contribution in [0.2, 0.25) is 0 Å². The summed E-state index contributed by atoms with van der Waals surface area (Å²) >= 11 is 3.42. The summed E-state index contributed by atoms with van der Waals surface area (Å²) in [6.07, 6.45) is 0.204. The molecule has 0 fully saturated rings. The lowest BCUT2D eigenvalue weighted by Crippen LogP contribution is -2.24. The maximum atomic E-state index is 10.00. The molecule has 16 heavy (non-hydrogen) atoms. The summed E-state index contributed by atoms with van der Waals surface area (Å²) < 4.78 is 0.937. The number of halogens is 1. The van der Waals surface area contributed by atoms with E-state index in [0.29, 0.717) is 13.0 Å². The molecule has 0 heterocycles. The van der Waals surface area contributed by atoms with Crippen LogP contribution in [-0.4, -0.2) is 41.9 Å². The fourth-order valence-electron chi connectivity index (χ4n) is 1.53. The Morgan fingerprint density at radius 3 is 2.62 bits per heavy atom. The molecule has 2 N–H and O–H groups in total. The van der Waals surface area contributed by atoms with Crippen molar-refractivity contribution >= 4 is 15.9 Å². The van der Waals surface area contributed by atoms with Crippen molar-refractivity contribution in [3.05, 3.63) is 34.3 Å². The van der Waals surface area contributed by atoms with Gasteiger partial charge in [-0.2, -0.15) is 0 Å². The number of hydrogen-bond donors (Lipinski definition) is 2. The smallest absolute Gasteiger partial charge is 0.0813 e. The van der Waals surface area contributed by atoms with Crippen molar-refractivity contribution < 1.29 is 10.2 Å². The largest absolute Gasteiger partial charge is 0.395 e. The number of benzene rings is 1. The van der Waals surface area contributed by atoms with Crippen molar-refractivity contribution in [3.8, 4) is 0 Å². The minimum Gasteiger partial charge on any atom is -0.395 e. The summed E-state index contributed by atoms with van der Waals surface area (Å²) in [5, 5.41) is 18.8. The summed E-state index contributed by atoms with van der Waals surface area (Å²) in [7, 11) is 1.93. The van der Waals surface area contributed by atoms with Gasteiger partial charge in [0, 0.05) is 17.6 Å². The van der Waals surface area contributed by atoms with Crippen LogP contribution in [0.5, 0.6) is 0 Å². The first-order valence-electron chi connectivity index (χ1n) is 5.37. The van der Waals surface area contributed by atoms with Gasteiger partial charge in [-0.05, 0) is 25.1 Å². The molecule has 0 amide bonds. The highest BCUT2D eigenvalue weighted by molar-refractivity contribution is 9.10. The van der Waals surface area contributed by atoms with Gasteiger partial charge in [0.05, 0.1) is 12.7 Å². The monoisotopic (exact) mass is 287 g/mol. The van der Waals surface area contributed by atoms with Gasteiger partial charge < -0.3 is 15.1 Å². The zero-order valence-corrected chi connectivity index (χ0v) is 11.0. The number of aliphatic hydroxyl groups excluding tert-OH is 2. The highest BCUT2D eigenvalue weighted by Gasteiger charge is 2.11. The predicted octanol–water partition coefficient (Wildman–Crippen LogP) is 1.80. The first-order chi connectivity index (χ1) is 7.65. The van der Waals surface area contributed by atoms with Crippen LogP contribution in [-0.2, 0) is 0 Å². The molecule has 3 nitrogen and oxygen atoms in total. The Hall–Kier alpha value is -0.420. The molecule has 0 radical (unpaired) electrons. The molecular weight excluding hydrogens is 270 g/mol. The minimum absolute atomic E-state index is 0.154. The van der Waals surface area contributed by atoms with E-state index in [1.54, 1.807) is 0 Å². The number of rotatable bonds is 6. The van der Waals surface area contributed by atoms with Crippen LogP contribution in [0.25, 0.3) is 0 Å². The third-order valence-electron chi connectivity index (χ3n) is 2.53. The van der Waals surface area contributed by atoms with Gasteiger partial charge in [-0.15, -0.1) is 0 Å². The fraction of sp³-hybridized carbons (Fsp3) is 0.500. The molecular formula is C12H18BrNO2. The highest BCUT2D eigenvalue weighted by Crippen LogP contribution is 2.25. The van der Waals surface area contributed by atoms with E-state index in [0.717, 1.165) is 16.6 Å². The lowest BCUT2D eigenvalue weighted by molar-refractivity contribution is 0.140. The molecule has 1 rings (SSSR count). The van der Waals surface area contributed by atoms with Crippen LogP contribution >= 0.6 is 15.9 Å². The van der Waals surface area contributed by atoms with Crippen LogP contribution < -0.4 is 0 Å². The van der Waals surface area contributed by atoms with Crippen LogP contribution in [0.4, 0.5) is 0 Å². The van der Waals surface area contributed by atoms with Crippen molar-refractivity contribution in [1.29, 1.82) is 0 Å². The molecule has 1 aromatic rings. The van der Waals surface area contributed by atoms with Crippen LogP contribution in [0.3, 0.4) is 0 Å². The molecule has 1 aromatic carbocycles. The Morgan fingerprint density at radius 2 is 2.00 bits per heavy atom. The van der Waals surface area contributed by atoms with Crippen LogP contribution in [0.1, 0.15) is 18.1 Å². The Labute approximate surface area is 105 Å². The highest BCUT2D eigenvalue weighted by atomic mass is 79.9. The Kier molecular flexibility index (Phi) is 5.98. The second-order valence-corrected chi connectivity index (χ2v) is 4.71. The van der Waals surface area contributed by atoms with Gasteiger partial charge in [-0.1, -0.05) is 34.1 Å². The number of likely N-dealkylation sites (N-methyl/N-ethyl adjacent to an activating group) is 1. The zero-order valence-electron chi connectivity index (χ0n) is 9.43. The molecule has 0 saturated heterocycles. The average molecular weight is 288 g/mol. The summed E-state index contributed by atoms with van der Waals surface area (Å²) in [4.78, 5) is 2.00. The van der Waals surface area contributed by atoms with E-state index in [-0.39, 0.29) is 6.61 Å². The first kappa shape index (κ1) is 13.6. The average Bonchev–Trinajstić information content (AvgIpc) is 2.27. The van der Waals surface area contributed by atoms with Gasteiger partial charge in [0.25, 0.3) is 0 Å². The third kappa shape index (κ3) is 4.22. The maximum Gasteiger partial charge on any atom is 0.0813 e. The Balaban J connectivity index is 2.46. The van der Waals surface area contributed by atoms with E-state index in [2.05, 4.69) is 15.9 Å². The van der Waals surface area contributed by atoms with Gasteiger partial charge in [0.15, 0.2) is 0 Å². The number of hydrogen-bond acceptors (Lipinski definition) is 3. The molecule has 0 aromatic heterocycles. The SMILES string of the molecule is CN(CCO)CCC(O)c1ccccc1Br. The summed E-state index contributed by atoms with van der Waals surface area (Å²) in [6, 6.07) is 7.69. The lowest BCUT2D eigenvalue weighted by atomic mass is 10.1. The van der Waals surface area contributed by atoms with E-state index in [9.17, 15) is 5.11 Å². The summed E-state index contributed by atoms with van der Waals surface area (Å²) in [5.74, 6) is 0. The quantitative estimate of drug-likeness (QED) is 0.839. The molecule has 0 aliphatic heterocycles. The topological polar surface area (TPSA) is 43.7 Å². The van der Waals surface area contributed by atoms with Gasteiger partial charge in [0.2, 0.25) is 0 Å². The minimum atomic E-state index is -0.461. The van der Waals surface area contributed by atoms with Crippen molar-refractivity contribution in [1.82, 2.24) is 4.90 Å². The standard InChI is InChI=1S/C12H18BrNO2/c1-14(8-9-15)7-6-12(16)10-4-2-3-5-11(10)13/h2-5,12,15-16H,6-9H2,1H3. The zero-order chi connectivity index (χ0) is 12.0. The second-order valence-electron chi connectivity index (χ2n) is 3.85. The number of aliphatic hydroxyl groups is 2. The van der Waals surface area contributed by atoms with Gasteiger partial charge in [-0.25, -0.2) is 0 Å². The maximum absolute atomic E-state index is 10.00. The predicted molar refractivity (Wildman–Crippen MR) is 68.3 cm³/mol. The summed E-state index contributed by atoms with van der Waals surface area (Å²) in [6.45, 7) is 1.56. The lowest BCUT2D eigenvalue weighted by Gasteiger charge is -2.18. The normalized spacial score (nSPS) is 13.1. The van der Waals surface area contributed by atoms with E-state index in [1.165, 1.54) is 0 Å². The summed E-state index contributed by atoms with van der Waals surface area (Å²) in [5.41, 5.74) is 0.917. The molecule has 1 atom stereocenters. The molecule has 0 aliphatic rings.